The Morgan fingerprint density at radius 3 is 1.48 bits per heavy atom. The summed E-state index contributed by atoms with van der Waals surface area (Å²) >= 11 is 0. The van der Waals surface area contributed by atoms with Gasteiger partial charge in [0, 0.05) is 0 Å². The lowest BCUT2D eigenvalue weighted by molar-refractivity contribution is -0.193. The average Bonchev–Trinajstić information content (AvgIpc) is 2.41. The van der Waals surface area contributed by atoms with Crippen molar-refractivity contribution in [2.45, 2.75) is 101 Å². The van der Waals surface area contributed by atoms with Gasteiger partial charge in [0.1, 0.15) is 14.2 Å². The van der Waals surface area contributed by atoms with Gasteiger partial charge in [0.2, 0.25) is 0 Å². The maximum absolute atomic E-state index is 14.7. The summed E-state index contributed by atoms with van der Waals surface area (Å²) < 4.78 is 29.4. The Kier molecular flexibility index (Phi) is 6.74. The number of hydrogen-bond acceptors (Lipinski definition) is 4. The van der Waals surface area contributed by atoms with E-state index in [4.69, 9.17) is 0 Å². The van der Waals surface area contributed by atoms with E-state index in [1.807, 2.05) is 20.8 Å². The van der Waals surface area contributed by atoms with E-state index < -0.39 is 55.5 Å². The summed E-state index contributed by atoms with van der Waals surface area (Å²) in [4.78, 5) is 11.2. The van der Waals surface area contributed by atoms with Crippen LogP contribution < -0.4 is 0 Å². The zero-order chi connectivity index (χ0) is 20.9. The third-order valence-corrected chi connectivity index (χ3v) is 18.8. The molecule has 0 amide bonds. The molecule has 0 bridgehead atoms. The molecular formula is C17H36F2O4Si2. The molecule has 0 heterocycles. The molecule has 0 rings (SSSR count). The van der Waals surface area contributed by atoms with Crippen LogP contribution in [0.4, 0.5) is 8.78 Å². The lowest BCUT2D eigenvalue weighted by Gasteiger charge is -2.55. The molecule has 0 aliphatic rings. The summed E-state index contributed by atoms with van der Waals surface area (Å²) in [5.41, 5.74) is -1.52. The smallest absolute Gasteiger partial charge is 0.329 e. The second-order valence-electron chi connectivity index (χ2n) is 10.2. The molecular weight excluding hydrogens is 362 g/mol. The van der Waals surface area contributed by atoms with Crippen LogP contribution in [0.1, 0.15) is 41.5 Å². The molecule has 0 radical (unpaired) electrons. The van der Waals surface area contributed by atoms with Gasteiger partial charge in [-0.05, 0) is 10.1 Å². The molecule has 25 heavy (non-hydrogen) atoms. The SMILES string of the molecule is CC(C)(C)[Si](C)(C)C(O)[C@@H](O)[C@@](O)(C(F)(F)C=O)[Si](C)(C)C(C)(C)C. The molecule has 3 N–H and O–H groups in total. The van der Waals surface area contributed by atoms with Gasteiger partial charge in [-0.3, -0.25) is 4.79 Å². The number of aldehydes is 1. The average molecular weight is 399 g/mol. The summed E-state index contributed by atoms with van der Waals surface area (Å²) in [6.07, 6.45) is -2.72. The van der Waals surface area contributed by atoms with Crippen molar-refractivity contribution in [2.24, 2.45) is 0 Å². The summed E-state index contributed by atoms with van der Waals surface area (Å²) in [6, 6.07) is 0. The molecule has 0 saturated carbocycles. The predicted octanol–water partition coefficient (Wildman–Crippen LogP) is 3.37. The van der Waals surface area contributed by atoms with Crippen LogP contribution >= 0.6 is 0 Å². The first-order chi connectivity index (χ1) is 10.6. The van der Waals surface area contributed by atoms with Gasteiger partial charge in [0.25, 0.3) is 0 Å². The van der Waals surface area contributed by atoms with Crippen LogP contribution in [-0.4, -0.2) is 60.7 Å². The standard InChI is InChI=1S/C17H36F2O4Si2/c1-14(2,3)24(7,8)13(22)12(21)17(23,16(18,19)11-20)25(9,10)15(4,5)6/h11-13,21-23H,1-10H3/t12-,13?,17+/m1/s1. The fourth-order valence-corrected chi connectivity index (χ4v) is 7.73. The van der Waals surface area contributed by atoms with E-state index in [0.717, 1.165) is 0 Å². The fraction of sp³-hybridized carbons (Fsp3) is 0.941. The van der Waals surface area contributed by atoms with Gasteiger partial charge in [-0.2, -0.15) is 8.78 Å². The van der Waals surface area contributed by atoms with E-state index in [9.17, 15) is 28.9 Å². The van der Waals surface area contributed by atoms with E-state index in [0.29, 0.717) is 0 Å². The Morgan fingerprint density at radius 1 is 0.880 bits per heavy atom. The molecule has 0 aromatic carbocycles. The summed E-state index contributed by atoms with van der Waals surface area (Å²) in [5, 5.41) is 28.7. The Hall–Kier alpha value is -0.156. The topological polar surface area (TPSA) is 77.8 Å². The highest BCUT2D eigenvalue weighted by Gasteiger charge is 2.71. The van der Waals surface area contributed by atoms with Crippen LogP contribution in [0, 0.1) is 0 Å². The second kappa shape index (κ2) is 6.78. The zero-order valence-corrected chi connectivity index (χ0v) is 19.2. The molecule has 4 nitrogen and oxygen atoms in total. The number of aliphatic hydroxyl groups excluding tert-OH is 2. The fourth-order valence-electron chi connectivity index (χ4n) is 2.71. The van der Waals surface area contributed by atoms with Gasteiger partial charge in [-0.1, -0.05) is 67.7 Å². The zero-order valence-electron chi connectivity index (χ0n) is 17.2. The Balaban J connectivity index is 6.55. The number of carbonyl (C=O) groups excluding carboxylic acids is 1. The number of halogens is 2. The van der Waals surface area contributed by atoms with E-state index in [-0.39, 0.29) is 0 Å². The monoisotopic (exact) mass is 398 g/mol. The minimum Gasteiger partial charge on any atom is -0.394 e. The van der Waals surface area contributed by atoms with Crippen LogP contribution in [0.15, 0.2) is 0 Å². The number of aliphatic hydroxyl groups is 3. The second-order valence-corrected chi connectivity index (χ2v) is 21.3. The minimum absolute atomic E-state index is 0.405. The van der Waals surface area contributed by atoms with E-state index in [1.165, 1.54) is 13.1 Å². The van der Waals surface area contributed by atoms with Crippen molar-refractivity contribution < 1.29 is 28.9 Å². The van der Waals surface area contributed by atoms with Crippen molar-refractivity contribution in [1.82, 2.24) is 0 Å². The minimum atomic E-state index is -4.17. The number of rotatable bonds is 6. The molecule has 0 aromatic heterocycles. The third-order valence-electron chi connectivity index (χ3n) is 6.88. The van der Waals surface area contributed by atoms with Crippen molar-refractivity contribution in [3.63, 3.8) is 0 Å². The first-order valence-corrected chi connectivity index (χ1v) is 14.6. The maximum atomic E-state index is 14.7. The van der Waals surface area contributed by atoms with E-state index in [2.05, 4.69) is 0 Å². The van der Waals surface area contributed by atoms with Crippen LogP contribution in [0.2, 0.25) is 36.3 Å². The van der Waals surface area contributed by atoms with Crippen molar-refractivity contribution in [1.29, 1.82) is 0 Å². The van der Waals surface area contributed by atoms with Crippen molar-refractivity contribution in [3.8, 4) is 0 Å². The molecule has 0 aromatic rings. The van der Waals surface area contributed by atoms with Crippen molar-refractivity contribution in [3.05, 3.63) is 0 Å². The van der Waals surface area contributed by atoms with Crippen LogP contribution in [0.3, 0.4) is 0 Å². The highest BCUT2D eigenvalue weighted by Crippen LogP contribution is 2.51. The molecule has 3 atom stereocenters. The summed E-state index contributed by atoms with van der Waals surface area (Å²) in [5.74, 6) is -4.17. The Labute approximate surface area is 152 Å². The predicted molar refractivity (Wildman–Crippen MR) is 102 cm³/mol. The first-order valence-electron chi connectivity index (χ1n) is 8.55. The van der Waals surface area contributed by atoms with Gasteiger partial charge in [0.05, 0.1) is 13.8 Å². The highest BCUT2D eigenvalue weighted by atomic mass is 28.3. The third kappa shape index (κ3) is 3.78. The lowest BCUT2D eigenvalue weighted by atomic mass is 10.1. The van der Waals surface area contributed by atoms with Crippen LogP contribution in [0.25, 0.3) is 0 Å². The largest absolute Gasteiger partial charge is 0.394 e. The molecule has 0 aliphatic heterocycles. The number of carbonyl (C=O) groups is 1. The van der Waals surface area contributed by atoms with Crippen LogP contribution in [0.5, 0.6) is 0 Å². The molecule has 150 valence electrons. The van der Waals surface area contributed by atoms with Gasteiger partial charge < -0.3 is 15.3 Å². The summed E-state index contributed by atoms with van der Waals surface area (Å²) in [7, 11) is -6.08. The molecule has 1 unspecified atom stereocenters. The van der Waals surface area contributed by atoms with Gasteiger partial charge in [0.15, 0.2) is 11.5 Å². The molecule has 0 spiro atoms. The number of alkyl halides is 2. The molecule has 0 aliphatic carbocycles. The Morgan fingerprint density at radius 2 is 1.24 bits per heavy atom. The van der Waals surface area contributed by atoms with Gasteiger partial charge in [-0.15, -0.1) is 0 Å². The quantitative estimate of drug-likeness (QED) is 0.473. The van der Waals surface area contributed by atoms with E-state index >= 15 is 0 Å². The van der Waals surface area contributed by atoms with Gasteiger partial charge >= 0.3 is 5.92 Å². The Bertz CT molecular complexity index is 496. The summed E-state index contributed by atoms with van der Waals surface area (Å²) in [6.45, 7) is 17.3. The molecule has 0 saturated heterocycles. The van der Waals surface area contributed by atoms with Gasteiger partial charge in [-0.25, -0.2) is 0 Å². The van der Waals surface area contributed by atoms with Crippen LogP contribution in [-0.2, 0) is 4.79 Å². The van der Waals surface area contributed by atoms with Crippen molar-refractivity contribution >= 4 is 22.4 Å². The molecule has 8 heteroatoms. The van der Waals surface area contributed by atoms with Crippen molar-refractivity contribution in [2.75, 3.05) is 0 Å². The molecule has 0 fully saturated rings. The first kappa shape index (κ1) is 24.8. The lowest BCUT2D eigenvalue weighted by Crippen LogP contribution is -2.78. The normalized spacial score (nSPS) is 20.0. The maximum Gasteiger partial charge on any atom is 0.329 e. The van der Waals surface area contributed by atoms with E-state index in [1.54, 1.807) is 33.9 Å². The highest BCUT2D eigenvalue weighted by molar-refractivity contribution is 6.84. The number of hydrogen-bond donors (Lipinski definition) is 3.